The Labute approximate surface area is 164 Å². The van der Waals surface area contributed by atoms with E-state index >= 15 is 0 Å². The van der Waals surface area contributed by atoms with Gasteiger partial charge in [0.05, 0.1) is 13.2 Å². The number of hydrogen-bond donors (Lipinski definition) is 1. The first-order valence-corrected chi connectivity index (χ1v) is 10.6. The Hall–Kier alpha value is -2.33. The molecule has 1 aromatic heterocycles. The smallest absolute Gasteiger partial charge is 0.282 e. The molecule has 3 heterocycles. The second-order valence-corrected chi connectivity index (χ2v) is 8.68. The number of ether oxygens (including phenoxy) is 1. The van der Waals surface area contributed by atoms with Crippen LogP contribution < -0.4 is 5.32 Å². The highest BCUT2D eigenvalue weighted by Crippen LogP contribution is 2.26. The number of benzene rings is 1. The van der Waals surface area contributed by atoms with Gasteiger partial charge in [-0.2, -0.15) is 17.0 Å². The Morgan fingerprint density at radius 2 is 1.86 bits per heavy atom. The molecule has 0 radical (unpaired) electrons. The van der Waals surface area contributed by atoms with Crippen LogP contribution in [0.15, 0.2) is 42.6 Å². The first-order valence-electron chi connectivity index (χ1n) is 9.21. The minimum atomic E-state index is -3.52. The van der Waals surface area contributed by atoms with Crippen molar-refractivity contribution >= 4 is 21.8 Å². The molecule has 2 aliphatic heterocycles. The number of rotatable bonds is 4. The fraction of sp³-hybridized carbons (Fsp3) is 0.368. The molecule has 9 heteroatoms. The Morgan fingerprint density at radius 1 is 1.04 bits per heavy atom. The highest BCUT2D eigenvalue weighted by atomic mass is 32.2. The molecular formula is C19H22N4O4S. The van der Waals surface area contributed by atoms with Gasteiger partial charge in [0.25, 0.3) is 16.1 Å². The van der Waals surface area contributed by atoms with Crippen LogP contribution >= 0.6 is 0 Å². The maximum atomic E-state index is 12.9. The summed E-state index contributed by atoms with van der Waals surface area (Å²) in [5, 5.41) is 2.83. The number of amides is 1. The summed E-state index contributed by atoms with van der Waals surface area (Å²) < 4.78 is 34.1. The van der Waals surface area contributed by atoms with E-state index in [4.69, 9.17) is 4.74 Å². The molecule has 0 bridgehead atoms. The van der Waals surface area contributed by atoms with Gasteiger partial charge in [-0.15, -0.1) is 0 Å². The normalized spacial score (nSPS) is 18.4. The molecule has 1 aromatic carbocycles. The van der Waals surface area contributed by atoms with Gasteiger partial charge >= 0.3 is 0 Å². The Kier molecular flexibility index (Phi) is 5.40. The summed E-state index contributed by atoms with van der Waals surface area (Å²) in [6, 6.07) is 10.8. The minimum absolute atomic E-state index is 0.294. The molecule has 0 atom stereocenters. The van der Waals surface area contributed by atoms with Crippen LogP contribution in [-0.4, -0.2) is 60.8 Å². The fourth-order valence-corrected chi connectivity index (χ4v) is 5.00. The summed E-state index contributed by atoms with van der Waals surface area (Å²) in [7, 11) is -3.52. The van der Waals surface area contributed by atoms with Gasteiger partial charge in [0.15, 0.2) is 0 Å². The Bertz CT molecular complexity index is 959. The lowest BCUT2D eigenvalue weighted by molar-refractivity contribution is 0.0699. The average Bonchev–Trinajstić information content (AvgIpc) is 2.74. The molecule has 0 spiro atoms. The fourth-order valence-electron chi connectivity index (χ4n) is 3.44. The number of pyridine rings is 1. The van der Waals surface area contributed by atoms with Crippen LogP contribution in [0.1, 0.15) is 21.6 Å². The molecule has 4 rings (SSSR count). The van der Waals surface area contributed by atoms with E-state index in [2.05, 4.69) is 10.3 Å². The van der Waals surface area contributed by atoms with Crippen molar-refractivity contribution in [2.75, 3.05) is 38.2 Å². The topological polar surface area (TPSA) is 91.8 Å². The quantitative estimate of drug-likeness (QED) is 0.832. The first-order chi connectivity index (χ1) is 13.5. The van der Waals surface area contributed by atoms with Gasteiger partial charge in [-0.05, 0) is 41.8 Å². The van der Waals surface area contributed by atoms with Gasteiger partial charge in [-0.25, -0.2) is 0 Å². The zero-order valence-electron chi connectivity index (χ0n) is 15.4. The van der Waals surface area contributed by atoms with E-state index in [1.807, 2.05) is 18.2 Å². The van der Waals surface area contributed by atoms with E-state index < -0.39 is 10.2 Å². The third kappa shape index (κ3) is 3.93. The molecule has 1 N–H and O–H groups in total. The zero-order valence-corrected chi connectivity index (χ0v) is 16.2. The van der Waals surface area contributed by atoms with E-state index in [9.17, 15) is 13.2 Å². The van der Waals surface area contributed by atoms with Crippen molar-refractivity contribution in [3.05, 3.63) is 59.4 Å². The summed E-state index contributed by atoms with van der Waals surface area (Å²) in [4.78, 5) is 16.4. The van der Waals surface area contributed by atoms with Crippen molar-refractivity contribution in [1.29, 1.82) is 0 Å². The van der Waals surface area contributed by atoms with Crippen molar-refractivity contribution in [3.8, 4) is 0 Å². The minimum Gasteiger partial charge on any atom is -0.379 e. The molecule has 28 heavy (non-hydrogen) atoms. The van der Waals surface area contributed by atoms with Gasteiger partial charge in [-0.3, -0.25) is 9.78 Å². The monoisotopic (exact) mass is 402 g/mol. The predicted octanol–water partition coefficient (Wildman–Crippen LogP) is 1.27. The van der Waals surface area contributed by atoms with Gasteiger partial charge in [-0.1, -0.05) is 12.1 Å². The Morgan fingerprint density at radius 3 is 2.61 bits per heavy atom. The summed E-state index contributed by atoms with van der Waals surface area (Å²) in [5.41, 5.74) is 2.96. The van der Waals surface area contributed by atoms with Crippen LogP contribution in [0, 0.1) is 0 Å². The molecule has 1 amide bonds. The van der Waals surface area contributed by atoms with Crippen LogP contribution in [0.25, 0.3) is 0 Å². The number of nitrogens with zero attached hydrogens (tertiary/aromatic N) is 3. The van der Waals surface area contributed by atoms with Crippen molar-refractivity contribution in [3.63, 3.8) is 0 Å². The van der Waals surface area contributed by atoms with Gasteiger partial charge < -0.3 is 10.1 Å². The highest BCUT2D eigenvalue weighted by Gasteiger charge is 2.33. The summed E-state index contributed by atoms with van der Waals surface area (Å²) in [5.74, 6) is -0.297. The number of aromatic nitrogens is 1. The SMILES string of the molecule is O=C(Nc1ccc2c(c1)CN(S(=O)(=O)N1CCOCC1)CC2)c1ccccn1. The average molecular weight is 402 g/mol. The molecule has 2 aliphatic rings. The lowest BCUT2D eigenvalue weighted by Crippen LogP contribution is -2.49. The van der Waals surface area contributed by atoms with Crippen LogP contribution in [0.4, 0.5) is 5.69 Å². The molecular weight excluding hydrogens is 380 g/mol. The number of anilines is 1. The molecule has 2 aromatic rings. The van der Waals surface area contributed by atoms with E-state index in [1.54, 1.807) is 24.4 Å². The summed E-state index contributed by atoms with van der Waals surface area (Å²) >= 11 is 0. The van der Waals surface area contributed by atoms with Crippen LogP contribution in [-0.2, 0) is 27.9 Å². The van der Waals surface area contributed by atoms with E-state index in [1.165, 1.54) is 8.61 Å². The third-order valence-corrected chi connectivity index (χ3v) is 6.94. The molecule has 0 saturated carbocycles. The first kappa shape index (κ1) is 19.0. The van der Waals surface area contributed by atoms with Gasteiger partial charge in [0, 0.05) is 38.1 Å². The standard InChI is InChI=1S/C19H22N4O4S/c24-19(18-3-1-2-7-20-18)21-17-5-4-15-6-8-23(14-16(15)13-17)28(25,26)22-9-11-27-12-10-22/h1-5,7,13H,6,8-12,14H2,(H,21,24). The maximum Gasteiger partial charge on any atom is 0.282 e. The number of hydrogen-bond acceptors (Lipinski definition) is 5. The molecule has 148 valence electrons. The molecule has 1 fully saturated rings. The molecule has 1 saturated heterocycles. The second-order valence-electron chi connectivity index (χ2n) is 6.76. The predicted molar refractivity (Wildman–Crippen MR) is 104 cm³/mol. The second kappa shape index (κ2) is 7.96. The Balaban J connectivity index is 1.50. The van der Waals surface area contributed by atoms with Gasteiger partial charge in [0.1, 0.15) is 5.69 Å². The molecule has 0 aliphatic carbocycles. The number of carbonyl (C=O) groups is 1. The summed E-state index contributed by atoms with van der Waals surface area (Å²) in [6.07, 6.45) is 2.21. The van der Waals surface area contributed by atoms with Crippen LogP contribution in [0.3, 0.4) is 0 Å². The molecule has 0 unspecified atom stereocenters. The molecule has 8 nitrogen and oxygen atoms in total. The van der Waals surface area contributed by atoms with E-state index in [-0.39, 0.29) is 5.91 Å². The van der Waals surface area contributed by atoms with Crippen molar-refractivity contribution in [2.45, 2.75) is 13.0 Å². The van der Waals surface area contributed by atoms with Crippen LogP contribution in [0.5, 0.6) is 0 Å². The van der Waals surface area contributed by atoms with Crippen molar-refractivity contribution < 1.29 is 17.9 Å². The largest absolute Gasteiger partial charge is 0.379 e. The van der Waals surface area contributed by atoms with Crippen molar-refractivity contribution in [2.24, 2.45) is 0 Å². The zero-order chi connectivity index (χ0) is 19.6. The summed E-state index contributed by atoms with van der Waals surface area (Å²) in [6.45, 7) is 2.35. The lowest BCUT2D eigenvalue weighted by atomic mass is 10.0. The lowest BCUT2D eigenvalue weighted by Gasteiger charge is -2.34. The van der Waals surface area contributed by atoms with Crippen molar-refractivity contribution in [1.82, 2.24) is 13.6 Å². The van der Waals surface area contributed by atoms with Crippen LogP contribution in [0.2, 0.25) is 0 Å². The number of nitrogens with one attached hydrogen (secondary N) is 1. The van der Waals surface area contributed by atoms with E-state index in [0.29, 0.717) is 57.2 Å². The van der Waals surface area contributed by atoms with E-state index in [0.717, 1.165) is 11.1 Å². The number of morpholine rings is 1. The third-order valence-electron chi connectivity index (χ3n) is 4.96. The maximum absolute atomic E-state index is 12.9. The number of carbonyl (C=O) groups excluding carboxylic acids is 1. The highest BCUT2D eigenvalue weighted by molar-refractivity contribution is 7.86. The van der Waals surface area contributed by atoms with Gasteiger partial charge in [0.2, 0.25) is 0 Å². The number of fused-ring (bicyclic) bond motifs is 1.